The summed E-state index contributed by atoms with van der Waals surface area (Å²) in [7, 11) is -8.50. The maximum atomic E-state index is 13.9. The van der Waals surface area contributed by atoms with Gasteiger partial charge >= 0.3 is 22.5 Å². The van der Waals surface area contributed by atoms with Gasteiger partial charge in [0.1, 0.15) is 0 Å². The summed E-state index contributed by atoms with van der Waals surface area (Å²) in [5.74, 6) is 0. The third-order valence-corrected chi connectivity index (χ3v) is 11.5. The van der Waals surface area contributed by atoms with Crippen molar-refractivity contribution in [1.82, 2.24) is 0 Å². The van der Waals surface area contributed by atoms with E-state index in [1.54, 1.807) is 74.5 Å². The zero-order chi connectivity index (χ0) is 29.5. The topological polar surface area (TPSA) is 43.4 Å². The second kappa shape index (κ2) is 10.6. The van der Waals surface area contributed by atoms with Gasteiger partial charge in [0.15, 0.2) is 0 Å². The van der Waals surface area contributed by atoms with Gasteiger partial charge in [0.05, 0.1) is 16.0 Å². The molecule has 0 atom stereocenters. The maximum absolute atomic E-state index is 13.9. The molecule has 4 aromatic rings. The first-order valence-corrected chi connectivity index (χ1v) is 14.8. The van der Waals surface area contributed by atoms with E-state index in [-0.39, 0.29) is 18.2 Å². The minimum Gasteiger partial charge on any atom is -0.203 e. The summed E-state index contributed by atoms with van der Waals surface area (Å²) in [6.45, 7) is 5.36. The fraction of sp³-hybridized carbons (Fsp3) is 0.172. The first kappa shape index (κ1) is 29.7. The summed E-state index contributed by atoms with van der Waals surface area (Å²) in [6, 6.07) is 20.4. The molecule has 0 unspecified atom stereocenters. The SMILES string of the molecule is Cc1cc(C)c(S(OS(=O)(=O)c2cc(C(F)(F)F)cc(C(F)(F)F)c2)(c2ccccc2)c2ccccc2)c(C)c1. The Morgan fingerprint density at radius 3 is 1.35 bits per heavy atom. The molecule has 0 saturated heterocycles. The van der Waals surface area contributed by atoms with Gasteiger partial charge in [-0.25, -0.2) is 3.63 Å². The number of halogens is 6. The highest BCUT2D eigenvalue weighted by Crippen LogP contribution is 2.71. The maximum Gasteiger partial charge on any atom is 0.416 e. The molecule has 0 aliphatic heterocycles. The normalized spacial score (nSPS) is 13.3. The Morgan fingerprint density at radius 2 is 0.975 bits per heavy atom. The predicted octanol–water partition coefficient (Wildman–Crippen LogP) is 9.25. The lowest BCUT2D eigenvalue weighted by Gasteiger charge is -2.41. The monoisotopic (exact) mass is 598 g/mol. The van der Waals surface area contributed by atoms with Crippen LogP contribution >= 0.6 is 10.3 Å². The predicted molar refractivity (Wildman–Crippen MR) is 141 cm³/mol. The molecule has 0 spiro atoms. The van der Waals surface area contributed by atoms with Crippen molar-refractivity contribution in [3.63, 3.8) is 0 Å². The van der Waals surface area contributed by atoms with E-state index in [1.807, 2.05) is 19.1 Å². The molecule has 4 rings (SSSR count). The number of hydrogen-bond acceptors (Lipinski definition) is 3. The average Bonchev–Trinajstić information content (AvgIpc) is 2.87. The van der Waals surface area contributed by atoms with E-state index in [2.05, 4.69) is 0 Å². The molecule has 0 aliphatic carbocycles. The first-order valence-electron chi connectivity index (χ1n) is 11.8. The Balaban J connectivity index is 2.09. The summed E-state index contributed by atoms with van der Waals surface area (Å²) in [6.07, 6.45) is -10.5. The van der Waals surface area contributed by atoms with Gasteiger partial charge < -0.3 is 0 Å². The lowest BCUT2D eigenvalue weighted by Crippen LogP contribution is -2.18. The van der Waals surface area contributed by atoms with Crippen LogP contribution in [0.25, 0.3) is 0 Å². The van der Waals surface area contributed by atoms with E-state index >= 15 is 0 Å². The van der Waals surface area contributed by atoms with E-state index in [9.17, 15) is 34.8 Å². The van der Waals surface area contributed by atoms with Gasteiger partial charge in [-0.2, -0.15) is 34.8 Å². The van der Waals surface area contributed by atoms with Crippen LogP contribution in [0, 0.1) is 20.8 Å². The summed E-state index contributed by atoms with van der Waals surface area (Å²) in [4.78, 5) is 0.00796. The van der Waals surface area contributed by atoms with Crippen LogP contribution in [0.15, 0.2) is 111 Å². The Labute approximate surface area is 230 Å². The summed E-state index contributed by atoms with van der Waals surface area (Å²) >= 11 is 0. The van der Waals surface area contributed by atoms with Crippen molar-refractivity contribution in [2.75, 3.05) is 0 Å². The molecule has 0 bridgehead atoms. The van der Waals surface area contributed by atoms with Gasteiger partial charge in [-0.15, -0.1) is 0 Å². The Hall–Kier alpha value is -3.28. The Morgan fingerprint density at radius 1 is 0.575 bits per heavy atom. The van der Waals surface area contributed by atoms with Crippen LogP contribution in [0.2, 0.25) is 0 Å². The molecule has 0 aromatic heterocycles. The van der Waals surface area contributed by atoms with Gasteiger partial charge in [-0.3, -0.25) is 0 Å². The van der Waals surface area contributed by atoms with E-state index < -0.39 is 48.8 Å². The molecule has 40 heavy (non-hydrogen) atoms. The second-order valence-corrected chi connectivity index (χ2v) is 13.6. The molecule has 212 valence electrons. The molecular formula is C29H24F6O3S2. The molecular weight excluding hydrogens is 574 g/mol. The van der Waals surface area contributed by atoms with Crippen LogP contribution in [0.5, 0.6) is 0 Å². The average molecular weight is 599 g/mol. The first-order chi connectivity index (χ1) is 18.6. The minimum absolute atomic E-state index is 0.123. The van der Waals surface area contributed by atoms with Crippen molar-refractivity contribution < 1.29 is 38.4 Å². The summed E-state index contributed by atoms with van der Waals surface area (Å²) in [5, 5.41) is 0. The highest BCUT2D eigenvalue weighted by Gasteiger charge is 2.43. The van der Waals surface area contributed by atoms with Gasteiger partial charge in [0, 0.05) is 14.7 Å². The van der Waals surface area contributed by atoms with Crippen molar-refractivity contribution in [3.8, 4) is 0 Å². The molecule has 0 aliphatic rings. The summed E-state index contributed by atoms with van der Waals surface area (Å²) < 4.78 is 115. The minimum atomic E-state index is -5.24. The van der Waals surface area contributed by atoms with Crippen molar-refractivity contribution in [3.05, 3.63) is 119 Å². The van der Waals surface area contributed by atoms with Crippen molar-refractivity contribution in [1.29, 1.82) is 0 Å². The molecule has 4 aromatic carbocycles. The fourth-order valence-electron chi connectivity index (χ4n) is 4.57. The standard InChI is InChI=1S/C29H24F6O3S2/c1-19-14-20(2)27(21(3)15-19)39(24-10-6-4-7-11-24,25-12-8-5-9-13-25)38-40(36,37)26-17-22(28(30,31)32)16-23(18-26)29(33,34)35/h4-18H,1-3H3. The van der Waals surface area contributed by atoms with E-state index in [1.165, 1.54) is 0 Å². The Kier molecular flexibility index (Phi) is 7.87. The van der Waals surface area contributed by atoms with Crippen molar-refractivity contribution in [2.45, 2.75) is 52.7 Å². The Bertz CT molecular complexity index is 1540. The van der Waals surface area contributed by atoms with Crippen LogP contribution in [0.3, 0.4) is 0 Å². The number of rotatable bonds is 6. The molecule has 0 heterocycles. The van der Waals surface area contributed by atoms with E-state index in [4.69, 9.17) is 3.63 Å². The lowest BCUT2D eigenvalue weighted by atomic mass is 10.1. The quantitative estimate of drug-likeness (QED) is 0.208. The van der Waals surface area contributed by atoms with Gasteiger partial charge in [-0.05, 0) is 84.7 Å². The van der Waals surface area contributed by atoms with Crippen LogP contribution in [-0.4, -0.2) is 8.42 Å². The highest BCUT2D eigenvalue weighted by molar-refractivity contribution is 8.33. The lowest BCUT2D eigenvalue weighted by molar-refractivity contribution is -0.143. The zero-order valence-corrected chi connectivity index (χ0v) is 23.1. The summed E-state index contributed by atoms with van der Waals surface area (Å²) in [5.41, 5.74) is -1.34. The van der Waals surface area contributed by atoms with Gasteiger partial charge in [0.2, 0.25) is 0 Å². The van der Waals surface area contributed by atoms with Crippen LogP contribution < -0.4 is 0 Å². The largest absolute Gasteiger partial charge is 0.416 e. The van der Waals surface area contributed by atoms with Gasteiger partial charge in [-0.1, -0.05) is 54.1 Å². The molecule has 3 nitrogen and oxygen atoms in total. The molecule has 0 saturated carbocycles. The highest BCUT2D eigenvalue weighted by atomic mass is 32.3. The number of benzene rings is 4. The molecule has 11 heteroatoms. The third-order valence-electron chi connectivity index (χ3n) is 6.08. The molecule has 0 amide bonds. The smallest absolute Gasteiger partial charge is 0.203 e. The molecule has 0 N–H and O–H groups in total. The van der Waals surface area contributed by atoms with Crippen LogP contribution in [0.1, 0.15) is 27.8 Å². The fourth-order valence-corrected chi connectivity index (χ4v) is 10.3. The number of hydrogen-bond donors (Lipinski definition) is 0. The van der Waals surface area contributed by atoms with Crippen LogP contribution in [0.4, 0.5) is 26.3 Å². The number of aryl methyl sites for hydroxylation is 3. The van der Waals surface area contributed by atoms with E-state index in [0.29, 0.717) is 25.8 Å². The molecule has 0 fully saturated rings. The molecule has 0 radical (unpaired) electrons. The number of alkyl halides is 6. The zero-order valence-electron chi connectivity index (χ0n) is 21.5. The van der Waals surface area contributed by atoms with Crippen molar-refractivity contribution >= 4 is 20.4 Å². The van der Waals surface area contributed by atoms with E-state index in [0.717, 1.165) is 5.56 Å². The van der Waals surface area contributed by atoms with Crippen LogP contribution in [-0.2, 0) is 26.1 Å². The second-order valence-electron chi connectivity index (χ2n) is 9.17. The third kappa shape index (κ3) is 5.77. The van der Waals surface area contributed by atoms with Crippen molar-refractivity contribution in [2.24, 2.45) is 0 Å². The van der Waals surface area contributed by atoms with Gasteiger partial charge in [0.25, 0.3) is 0 Å².